The van der Waals surface area contributed by atoms with Crippen LogP contribution in [-0.2, 0) is 33.3 Å². The predicted molar refractivity (Wildman–Crippen MR) is 234 cm³/mol. The number of methoxy groups -OCH3 is 1. The maximum atomic E-state index is 14.7. The molecule has 3 N–H and O–H groups in total. The molecule has 18 atom stereocenters. The van der Waals surface area contributed by atoms with Crippen LogP contribution in [0.5, 0.6) is 5.75 Å². The van der Waals surface area contributed by atoms with Crippen molar-refractivity contribution in [3.63, 3.8) is 0 Å². The van der Waals surface area contributed by atoms with Gasteiger partial charge in [-0.25, -0.2) is 0 Å². The summed E-state index contributed by atoms with van der Waals surface area (Å²) in [4.78, 5) is 40.7. The number of ketones is 1. The number of amides is 1. The van der Waals surface area contributed by atoms with Gasteiger partial charge >= 0.3 is 29.6 Å². The summed E-state index contributed by atoms with van der Waals surface area (Å²) in [6, 6.07) is 6.29. The van der Waals surface area contributed by atoms with Crippen molar-refractivity contribution in [3.8, 4) is 5.75 Å². The summed E-state index contributed by atoms with van der Waals surface area (Å²) in [6.45, 7) is 19.5. The molecule has 13 nitrogen and oxygen atoms in total. The zero-order valence-corrected chi connectivity index (χ0v) is 42.6. The molecule has 6 rings (SSSR count). The van der Waals surface area contributed by atoms with E-state index in [1.54, 1.807) is 31.2 Å². The van der Waals surface area contributed by atoms with Crippen molar-refractivity contribution in [3.05, 3.63) is 42.0 Å². The smallest absolute Gasteiger partial charge is 0.550 e. The third-order valence-electron chi connectivity index (χ3n) is 16.1. The number of carboxylic acid groups (broad SMARTS) is 1. The summed E-state index contributed by atoms with van der Waals surface area (Å²) >= 11 is 0. The molecule has 64 heavy (non-hydrogen) atoms. The topological polar surface area (TPSA) is 182 Å². The van der Waals surface area contributed by atoms with Crippen LogP contribution in [-0.4, -0.2) is 100 Å². The van der Waals surface area contributed by atoms with Crippen LogP contribution in [0.1, 0.15) is 144 Å². The van der Waals surface area contributed by atoms with Gasteiger partial charge in [-0.15, -0.1) is 0 Å². The Hall–Kier alpha value is -1.91. The molecule has 14 heteroatoms. The minimum Gasteiger partial charge on any atom is -0.550 e. The van der Waals surface area contributed by atoms with Gasteiger partial charge in [0.2, 0.25) is 0 Å². The Morgan fingerprint density at radius 3 is 2.23 bits per heavy atom. The summed E-state index contributed by atoms with van der Waals surface area (Å²) in [5, 5.41) is 38.3. The van der Waals surface area contributed by atoms with E-state index in [1.165, 1.54) is 7.11 Å². The van der Waals surface area contributed by atoms with Crippen LogP contribution in [0, 0.1) is 41.4 Å². The van der Waals surface area contributed by atoms with E-state index in [2.05, 4.69) is 19.2 Å². The molecule has 2 spiro atoms. The average molecular weight is 906 g/mol. The standard InChI is InChI=1S/C50H77NO12.Na/c1-12-34(46(55)56)38-20-19-28(4)43(60-38)32(8)41(52)31(7)42(53)35(13-2)44-29(5)27-30(6)49(61-44)24-21-39(51-45(54)36-17-15-16-18-37(36)58-11)50(63-49)26-25-47(10,62-50)40-22-23-48(57,14-3)33(9)59-40;/h15-18,21,24,28-35,38-41,43-44,52,57H,12-14,19-20,22-23,25-27H2,1-11H3,(H,51,54)(H,55,56);/q;+1/p-1/t28-,29-,30+,31-,32-,33-,34+,35-,38+,39-,40+,41+,43+,44-,47-,48+,49-,50-;/m0./s1. The van der Waals surface area contributed by atoms with E-state index in [0.29, 0.717) is 69.1 Å². The second kappa shape index (κ2) is 21.2. The van der Waals surface area contributed by atoms with Gasteiger partial charge in [0, 0.05) is 42.0 Å². The Kier molecular flexibility index (Phi) is 17.5. The number of carbonyl (C=O) groups excluding carboxylic acids is 3. The van der Waals surface area contributed by atoms with E-state index >= 15 is 0 Å². The summed E-state index contributed by atoms with van der Waals surface area (Å²) in [5.74, 6) is -6.56. The average Bonchev–Trinajstić information content (AvgIpc) is 3.61. The van der Waals surface area contributed by atoms with Crippen molar-refractivity contribution < 1.29 is 87.7 Å². The normalized spacial score (nSPS) is 39.9. The van der Waals surface area contributed by atoms with Gasteiger partial charge in [0.05, 0.1) is 60.5 Å². The molecular weight excluding hydrogens is 830 g/mol. The summed E-state index contributed by atoms with van der Waals surface area (Å²) < 4.78 is 40.2. The Balaban J connectivity index is 0.00000771. The molecule has 354 valence electrons. The Bertz CT molecular complexity index is 1810. The molecule has 1 amide bonds. The van der Waals surface area contributed by atoms with Crippen molar-refractivity contribution in [1.82, 2.24) is 5.32 Å². The van der Waals surface area contributed by atoms with Gasteiger partial charge in [-0.2, -0.15) is 0 Å². The number of carbonyl (C=O) groups is 3. The van der Waals surface area contributed by atoms with E-state index in [0.717, 1.165) is 6.42 Å². The quantitative estimate of drug-likeness (QED) is 0.173. The van der Waals surface area contributed by atoms with Crippen LogP contribution in [0.4, 0.5) is 0 Å². The molecule has 0 aliphatic carbocycles. The van der Waals surface area contributed by atoms with Crippen molar-refractivity contribution in [2.24, 2.45) is 41.4 Å². The van der Waals surface area contributed by atoms with Crippen molar-refractivity contribution in [2.75, 3.05) is 7.11 Å². The molecule has 5 aliphatic heterocycles. The van der Waals surface area contributed by atoms with Gasteiger partial charge in [0.25, 0.3) is 5.91 Å². The molecular formula is C50H76NNaO12. The number of benzene rings is 1. The first-order valence-corrected chi connectivity index (χ1v) is 23.9. The van der Waals surface area contributed by atoms with Crippen molar-refractivity contribution in [1.29, 1.82) is 0 Å². The fourth-order valence-corrected chi connectivity index (χ4v) is 11.7. The monoisotopic (exact) mass is 906 g/mol. The van der Waals surface area contributed by atoms with E-state index in [9.17, 15) is 29.7 Å². The number of Topliss-reactive ketones (excluding diaryl/α,β-unsaturated/α-hetero) is 1. The first kappa shape index (κ1) is 53.1. The fourth-order valence-electron chi connectivity index (χ4n) is 11.7. The molecule has 0 unspecified atom stereocenters. The second-order valence-corrected chi connectivity index (χ2v) is 20.1. The maximum absolute atomic E-state index is 14.7. The predicted octanol–water partition coefficient (Wildman–Crippen LogP) is 3.30. The van der Waals surface area contributed by atoms with Crippen LogP contribution in [0.25, 0.3) is 0 Å². The molecule has 0 radical (unpaired) electrons. The van der Waals surface area contributed by atoms with Gasteiger partial charge < -0.3 is 53.9 Å². The number of carboxylic acids is 1. The van der Waals surface area contributed by atoms with Crippen LogP contribution >= 0.6 is 0 Å². The minimum atomic E-state index is -1.39. The van der Waals surface area contributed by atoms with Crippen molar-refractivity contribution in [2.45, 2.75) is 199 Å². The first-order chi connectivity index (χ1) is 29.7. The number of aliphatic carboxylic acids is 1. The van der Waals surface area contributed by atoms with E-state index in [-0.39, 0.29) is 65.1 Å². The molecule has 4 fully saturated rings. The third kappa shape index (κ3) is 10.2. The Labute approximate surface area is 403 Å². The van der Waals surface area contributed by atoms with Crippen molar-refractivity contribution >= 4 is 17.7 Å². The van der Waals surface area contributed by atoms with Crippen LogP contribution in [0.2, 0.25) is 0 Å². The summed E-state index contributed by atoms with van der Waals surface area (Å²) in [5.41, 5.74) is -1.40. The number of aliphatic hydroxyl groups excluding tert-OH is 1. The van der Waals surface area contributed by atoms with E-state index in [4.69, 9.17) is 28.4 Å². The van der Waals surface area contributed by atoms with Crippen LogP contribution < -0.4 is 44.7 Å². The number of ether oxygens (including phenoxy) is 6. The molecule has 1 aromatic rings. The second-order valence-electron chi connectivity index (χ2n) is 20.1. The van der Waals surface area contributed by atoms with Gasteiger partial charge in [0.1, 0.15) is 17.6 Å². The SMILES string of the molecule is CC[C@@H](C(=O)[C@@H](C)[C@@H](O)[C@H](C)[C@@H]1O[C@@H]([C@@H](CC)C(=O)[O-])CC[C@@H]1C)[C@H]1O[C@]2(C=C[C@H](NC(=O)c3ccccc3OC)[C@]3(CC[C@@](C)([C@H]4CC[C@](O)(CC)[C@H](C)O4)O3)O2)[C@H](C)C[C@@H]1C.[Na+]. The zero-order valence-electron chi connectivity index (χ0n) is 40.6. The Morgan fingerprint density at radius 2 is 1.61 bits per heavy atom. The fraction of sp³-hybridized carbons (Fsp3) is 0.780. The van der Waals surface area contributed by atoms with E-state index in [1.807, 2.05) is 60.6 Å². The number of hydrogen-bond donors (Lipinski definition) is 3. The molecule has 5 heterocycles. The third-order valence-corrected chi connectivity index (χ3v) is 16.1. The minimum absolute atomic E-state index is 0. The van der Waals surface area contributed by atoms with Crippen LogP contribution in [0.15, 0.2) is 36.4 Å². The summed E-state index contributed by atoms with van der Waals surface area (Å²) in [6.07, 6.45) is 6.01. The largest absolute Gasteiger partial charge is 1.00 e. The Morgan fingerprint density at radius 1 is 0.922 bits per heavy atom. The van der Waals surface area contributed by atoms with Gasteiger partial charge in [-0.05, 0) is 102 Å². The number of hydrogen-bond acceptors (Lipinski definition) is 12. The molecule has 0 saturated carbocycles. The molecule has 0 bridgehead atoms. The molecule has 5 aliphatic rings. The van der Waals surface area contributed by atoms with Gasteiger partial charge in [0.15, 0.2) is 11.6 Å². The number of nitrogens with one attached hydrogen (secondary N) is 1. The number of rotatable bonds is 15. The maximum Gasteiger partial charge on any atom is 1.00 e. The molecule has 4 saturated heterocycles. The van der Waals surface area contributed by atoms with Gasteiger partial charge in [-0.1, -0.05) is 73.6 Å². The van der Waals surface area contributed by atoms with Gasteiger partial charge in [-0.3, -0.25) is 9.59 Å². The zero-order chi connectivity index (χ0) is 46.2. The summed E-state index contributed by atoms with van der Waals surface area (Å²) in [7, 11) is 1.52. The number of aliphatic hydroxyl groups is 2. The first-order valence-electron chi connectivity index (χ1n) is 23.9. The molecule has 0 aromatic heterocycles. The van der Waals surface area contributed by atoms with Crippen LogP contribution in [0.3, 0.4) is 0 Å². The van der Waals surface area contributed by atoms with E-state index < -0.39 is 89.0 Å². The molecule has 1 aromatic carbocycles. The number of para-hydroxylation sites is 1.